The van der Waals surface area contributed by atoms with E-state index in [1.54, 1.807) is 11.8 Å². The molecule has 0 spiro atoms. The van der Waals surface area contributed by atoms with Crippen LogP contribution in [0.5, 0.6) is 0 Å². The summed E-state index contributed by atoms with van der Waals surface area (Å²) in [5.74, 6) is -2.05. The molecule has 0 radical (unpaired) electrons. The van der Waals surface area contributed by atoms with Crippen molar-refractivity contribution in [2.45, 2.75) is 6.92 Å². The van der Waals surface area contributed by atoms with Crippen molar-refractivity contribution in [1.29, 1.82) is 0 Å². The molecule has 8 nitrogen and oxygen atoms in total. The lowest BCUT2D eigenvalue weighted by Crippen LogP contribution is -2.50. The number of halogens is 2. The number of amides is 2. The molecule has 2 aromatic rings. The number of hydrogen-bond acceptors (Lipinski definition) is 6. The first-order chi connectivity index (χ1) is 13.5. The number of carbonyl (C=O) groups excluding carboxylic acids is 2. The molecule has 1 aliphatic heterocycles. The average molecular weight is 391 g/mol. The lowest BCUT2D eigenvalue weighted by Gasteiger charge is -2.33. The summed E-state index contributed by atoms with van der Waals surface area (Å²) in [6.45, 7) is 3.37. The molecule has 1 fully saturated rings. The van der Waals surface area contributed by atoms with E-state index in [1.165, 1.54) is 23.2 Å². The third kappa shape index (κ3) is 4.33. The van der Waals surface area contributed by atoms with E-state index >= 15 is 0 Å². The second kappa shape index (κ2) is 8.59. The van der Waals surface area contributed by atoms with Gasteiger partial charge in [-0.2, -0.15) is 0 Å². The highest BCUT2D eigenvalue weighted by Gasteiger charge is 2.26. The van der Waals surface area contributed by atoms with Crippen LogP contribution in [0.15, 0.2) is 30.5 Å². The molecule has 1 aromatic carbocycles. The smallest absolute Gasteiger partial charge is 0.409 e. The maximum absolute atomic E-state index is 13.8. The molecule has 1 aromatic heterocycles. The molecule has 1 N–H and O–H groups in total. The third-order valence-electron chi connectivity index (χ3n) is 4.17. The van der Waals surface area contributed by atoms with Gasteiger partial charge in [-0.1, -0.05) is 6.07 Å². The zero-order valence-electron chi connectivity index (χ0n) is 15.2. The van der Waals surface area contributed by atoms with E-state index in [2.05, 4.69) is 15.3 Å². The highest BCUT2D eigenvalue weighted by atomic mass is 19.1. The lowest BCUT2D eigenvalue weighted by molar-refractivity contribution is 0.0566. The SMILES string of the molecule is CCOC(=O)N1CCN(C(=O)c2ccnc(Nc3c(F)cccc3F)n2)CC1. The van der Waals surface area contributed by atoms with E-state index < -0.39 is 23.4 Å². The van der Waals surface area contributed by atoms with Gasteiger partial charge in [0, 0.05) is 32.4 Å². The number of anilines is 2. The molecule has 2 heterocycles. The van der Waals surface area contributed by atoms with Crippen molar-refractivity contribution < 1.29 is 23.1 Å². The second-order valence-corrected chi connectivity index (χ2v) is 5.97. The molecule has 3 rings (SSSR count). The number of aromatic nitrogens is 2. The molecular formula is C18H19F2N5O3. The molecule has 1 aliphatic rings. The summed E-state index contributed by atoms with van der Waals surface area (Å²) in [5.41, 5.74) is -0.311. The molecule has 10 heteroatoms. The Hall–Kier alpha value is -3.30. The number of benzene rings is 1. The fraction of sp³-hybridized carbons (Fsp3) is 0.333. The van der Waals surface area contributed by atoms with Crippen LogP contribution in [0.2, 0.25) is 0 Å². The normalized spacial score (nSPS) is 14.0. The number of ether oxygens (including phenoxy) is 1. The van der Waals surface area contributed by atoms with Gasteiger partial charge in [-0.15, -0.1) is 0 Å². The summed E-state index contributed by atoms with van der Waals surface area (Å²) in [7, 11) is 0. The summed E-state index contributed by atoms with van der Waals surface area (Å²) in [5, 5.41) is 2.46. The standard InChI is InChI=1S/C18H19F2N5O3/c1-2-28-18(27)25-10-8-24(9-11-25)16(26)14-6-7-21-17(22-14)23-15-12(19)4-3-5-13(15)20/h3-7H,2,8-11H2,1H3,(H,21,22,23). The van der Waals surface area contributed by atoms with Crippen molar-refractivity contribution in [2.75, 3.05) is 38.1 Å². The maximum Gasteiger partial charge on any atom is 0.409 e. The fourth-order valence-corrected chi connectivity index (χ4v) is 2.74. The molecule has 0 atom stereocenters. The minimum Gasteiger partial charge on any atom is -0.450 e. The van der Waals surface area contributed by atoms with E-state index in [9.17, 15) is 18.4 Å². The Kier molecular flexibility index (Phi) is 5.97. The fourth-order valence-electron chi connectivity index (χ4n) is 2.74. The predicted octanol–water partition coefficient (Wildman–Crippen LogP) is 2.41. The van der Waals surface area contributed by atoms with E-state index in [0.29, 0.717) is 26.2 Å². The molecule has 0 bridgehead atoms. The number of nitrogens with one attached hydrogen (secondary N) is 1. The summed E-state index contributed by atoms with van der Waals surface area (Å²) in [6, 6.07) is 4.86. The van der Waals surface area contributed by atoms with Gasteiger partial charge in [0.15, 0.2) is 0 Å². The minimum absolute atomic E-state index is 0.0823. The van der Waals surface area contributed by atoms with Crippen LogP contribution in [-0.2, 0) is 4.74 Å². The number of piperazine rings is 1. The van der Waals surface area contributed by atoms with E-state index in [4.69, 9.17) is 4.74 Å². The van der Waals surface area contributed by atoms with Crippen molar-refractivity contribution in [3.63, 3.8) is 0 Å². The second-order valence-electron chi connectivity index (χ2n) is 5.97. The molecule has 1 saturated heterocycles. The number of carbonyl (C=O) groups is 2. The van der Waals surface area contributed by atoms with Crippen LogP contribution < -0.4 is 5.32 Å². The summed E-state index contributed by atoms with van der Waals surface area (Å²) < 4.78 is 32.5. The Morgan fingerprint density at radius 1 is 1.11 bits per heavy atom. The monoisotopic (exact) mass is 391 g/mol. The van der Waals surface area contributed by atoms with Crippen molar-refractivity contribution >= 4 is 23.6 Å². The Balaban J connectivity index is 1.67. The van der Waals surface area contributed by atoms with Crippen LogP contribution in [0, 0.1) is 11.6 Å². The largest absolute Gasteiger partial charge is 0.450 e. The first kappa shape index (κ1) is 19.5. The Morgan fingerprint density at radius 2 is 1.75 bits per heavy atom. The van der Waals surface area contributed by atoms with Gasteiger partial charge >= 0.3 is 6.09 Å². The molecule has 0 aliphatic carbocycles. The van der Waals surface area contributed by atoms with Gasteiger partial charge in [0.25, 0.3) is 5.91 Å². The zero-order chi connectivity index (χ0) is 20.1. The summed E-state index contributed by atoms with van der Waals surface area (Å²) in [6.07, 6.45) is 0.922. The van der Waals surface area contributed by atoms with Gasteiger partial charge in [0.1, 0.15) is 23.0 Å². The number of nitrogens with zero attached hydrogens (tertiary/aromatic N) is 4. The molecule has 0 saturated carbocycles. The van der Waals surface area contributed by atoms with Crippen LogP contribution in [0.1, 0.15) is 17.4 Å². The van der Waals surface area contributed by atoms with Gasteiger partial charge in [-0.25, -0.2) is 23.5 Å². The van der Waals surface area contributed by atoms with E-state index in [1.807, 2.05) is 0 Å². The van der Waals surface area contributed by atoms with Gasteiger partial charge < -0.3 is 19.9 Å². The third-order valence-corrected chi connectivity index (χ3v) is 4.17. The Morgan fingerprint density at radius 3 is 2.39 bits per heavy atom. The lowest BCUT2D eigenvalue weighted by atomic mass is 10.2. The number of para-hydroxylation sites is 1. The van der Waals surface area contributed by atoms with Crippen molar-refractivity contribution in [3.8, 4) is 0 Å². The Bertz CT molecular complexity index is 852. The maximum atomic E-state index is 13.8. The average Bonchev–Trinajstić information content (AvgIpc) is 2.71. The minimum atomic E-state index is -0.796. The van der Waals surface area contributed by atoms with Gasteiger partial charge in [0.2, 0.25) is 5.95 Å². The van der Waals surface area contributed by atoms with E-state index in [-0.39, 0.29) is 24.2 Å². The highest BCUT2D eigenvalue weighted by molar-refractivity contribution is 5.92. The van der Waals surface area contributed by atoms with Crippen LogP contribution in [-0.4, -0.2) is 64.6 Å². The van der Waals surface area contributed by atoms with Crippen molar-refractivity contribution in [1.82, 2.24) is 19.8 Å². The highest BCUT2D eigenvalue weighted by Crippen LogP contribution is 2.21. The molecule has 148 valence electrons. The zero-order valence-corrected chi connectivity index (χ0v) is 15.2. The molecule has 2 amide bonds. The quantitative estimate of drug-likeness (QED) is 0.861. The van der Waals surface area contributed by atoms with Gasteiger partial charge in [-0.05, 0) is 25.1 Å². The van der Waals surface area contributed by atoms with E-state index in [0.717, 1.165) is 12.1 Å². The van der Waals surface area contributed by atoms with Crippen LogP contribution >= 0.6 is 0 Å². The summed E-state index contributed by atoms with van der Waals surface area (Å²) in [4.78, 5) is 35.4. The van der Waals surface area contributed by atoms with Crippen LogP contribution in [0.3, 0.4) is 0 Å². The van der Waals surface area contributed by atoms with Crippen molar-refractivity contribution in [3.05, 3.63) is 47.8 Å². The molecular weight excluding hydrogens is 372 g/mol. The van der Waals surface area contributed by atoms with Crippen LogP contribution in [0.4, 0.5) is 25.2 Å². The topological polar surface area (TPSA) is 87.7 Å². The Labute approximate surface area is 160 Å². The predicted molar refractivity (Wildman–Crippen MR) is 96.2 cm³/mol. The number of rotatable bonds is 4. The van der Waals surface area contributed by atoms with Crippen molar-refractivity contribution in [2.24, 2.45) is 0 Å². The molecule has 0 unspecified atom stereocenters. The number of hydrogen-bond donors (Lipinski definition) is 1. The molecule has 28 heavy (non-hydrogen) atoms. The van der Waals surface area contributed by atoms with Crippen LogP contribution in [0.25, 0.3) is 0 Å². The van der Waals surface area contributed by atoms with Gasteiger partial charge in [0.05, 0.1) is 6.61 Å². The van der Waals surface area contributed by atoms with Gasteiger partial charge in [-0.3, -0.25) is 4.79 Å². The first-order valence-corrected chi connectivity index (χ1v) is 8.74. The summed E-state index contributed by atoms with van der Waals surface area (Å²) >= 11 is 0. The first-order valence-electron chi connectivity index (χ1n) is 8.74.